The summed E-state index contributed by atoms with van der Waals surface area (Å²) in [6.07, 6.45) is 7.37. The number of hydrogen-bond donors (Lipinski definition) is 0. The van der Waals surface area contributed by atoms with Crippen molar-refractivity contribution in [3.8, 4) is 0 Å². The molecule has 2 fully saturated rings. The third-order valence-corrected chi connectivity index (χ3v) is 6.53. The van der Waals surface area contributed by atoms with Crippen molar-refractivity contribution in [1.82, 2.24) is 19.6 Å². The van der Waals surface area contributed by atoms with Crippen LogP contribution in [-0.2, 0) is 20.0 Å². The number of rotatable bonds is 5. The maximum atomic E-state index is 12.8. The summed E-state index contributed by atoms with van der Waals surface area (Å²) in [5, 5.41) is 4.31. The first-order valence-electron chi connectivity index (χ1n) is 11.2. The highest BCUT2D eigenvalue weighted by molar-refractivity contribution is 5.92. The van der Waals surface area contributed by atoms with E-state index >= 15 is 0 Å². The van der Waals surface area contributed by atoms with E-state index in [-0.39, 0.29) is 5.91 Å². The van der Waals surface area contributed by atoms with Gasteiger partial charge in [-0.2, -0.15) is 5.10 Å². The lowest BCUT2D eigenvalue weighted by Gasteiger charge is -2.32. The van der Waals surface area contributed by atoms with Crippen molar-refractivity contribution in [3.63, 3.8) is 0 Å². The summed E-state index contributed by atoms with van der Waals surface area (Å²) in [6, 6.07) is 11.1. The lowest BCUT2D eigenvalue weighted by Crippen LogP contribution is -2.39. The van der Waals surface area contributed by atoms with Gasteiger partial charge in [0.25, 0.3) is 5.91 Å². The van der Waals surface area contributed by atoms with Crippen molar-refractivity contribution >= 4 is 5.91 Å². The molecule has 5 nitrogen and oxygen atoms in total. The predicted octanol–water partition coefficient (Wildman–Crippen LogP) is 3.81. The molecule has 0 unspecified atom stereocenters. The van der Waals surface area contributed by atoms with Gasteiger partial charge in [-0.1, -0.05) is 30.7 Å². The van der Waals surface area contributed by atoms with E-state index in [0.717, 1.165) is 44.6 Å². The van der Waals surface area contributed by atoms with E-state index in [1.165, 1.54) is 43.5 Å². The average Bonchev–Trinajstić information content (AvgIpc) is 3.08. The lowest BCUT2D eigenvalue weighted by molar-refractivity contribution is 0.0679. The molecule has 29 heavy (non-hydrogen) atoms. The molecule has 0 saturated carbocycles. The van der Waals surface area contributed by atoms with E-state index in [1.54, 1.807) is 4.68 Å². The molecule has 5 heteroatoms. The normalized spacial score (nSPS) is 18.9. The van der Waals surface area contributed by atoms with Gasteiger partial charge in [0, 0.05) is 26.7 Å². The van der Waals surface area contributed by atoms with Crippen LogP contribution >= 0.6 is 0 Å². The van der Waals surface area contributed by atoms with Gasteiger partial charge in [-0.15, -0.1) is 0 Å². The van der Waals surface area contributed by atoms with Gasteiger partial charge < -0.3 is 4.90 Å². The summed E-state index contributed by atoms with van der Waals surface area (Å²) in [5.41, 5.74) is 4.46. The van der Waals surface area contributed by atoms with E-state index in [9.17, 15) is 4.79 Å². The molecular weight excluding hydrogens is 360 g/mol. The molecule has 3 heterocycles. The molecule has 2 aromatic rings. The highest BCUT2D eigenvalue weighted by Gasteiger charge is 2.25. The number of amides is 1. The number of aromatic nitrogens is 2. The summed E-state index contributed by atoms with van der Waals surface area (Å²) in [5.74, 6) is 0.786. The van der Waals surface area contributed by atoms with Gasteiger partial charge in [0.05, 0.1) is 5.69 Å². The topological polar surface area (TPSA) is 41.4 Å². The second-order valence-corrected chi connectivity index (χ2v) is 8.89. The Balaban J connectivity index is 1.26. The largest absolute Gasteiger partial charge is 0.337 e. The van der Waals surface area contributed by atoms with Gasteiger partial charge in [-0.05, 0) is 75.2 Å². The van der Waals surface area contributed by atoms with Gasteiger partial charge in [-0.25, -0.2) is 0 Å². The Labute approximate surface area is 174 Å². The fourth-order valence-corrected chi connectivity index (χ4v) is 4.80. The van der Waals surface area contributed by atoms with Gasteiger partial charge in [0.1, 0.15) is 5.69 Å². The van der Waals surface area contributed by atoms with E-state index < -0.39 is 0 Å². The van der Waals surface area contributed by atoms with Crippen molar-refractivity contribution < 1.29 is 4.79 Å². The van der Waals surface area contributed by atoms with Gasteiger partial charge >= 0.3 is 0 Å². The zero-order valence-corrected chi connectivity index (χ0v) is 17.9. The summed E-state index contributed by atoms with van der Waals surface area (Å²) in [7, 11) is 1.85. The van der Waals surface area contributed by atoms with Crippen molar-refractivity contribution in [2.75, 3.05) is 26.2 Å². The minimum Gasteiger partial charge on any atom is -0.337 e. The van der Waals surface area contributed by atoms with Crippen LogP contribution in [0, 0.1) is 12.8 Å². The Morgan fingerprint density at radius 3 is 2.28 bits per heavy atom. The van der Waals surface area contributed by atoms with Crippen LogP contribution in [0.2, 0.25) is 0 Å². The molecule has 0 atom stereocenters. The third kappa shape index (κ3) is 5.08. The van der Waals surface area contributed by atoms with Crippen LogP contribution in [0.25, 0.3) is 0 Å². The molecule has 156 valence electrons. The van der Waals surface area contributed by atoms with Crippen LogP contribution in [0.3, 0.4) is 0 Å². The molecule has 1 amide bonds. The first-order valence-corrected chi connectivity index (χ1v) is 11.2. The van der Waals surface area contributed by atoms with Gasteiger partial charge in [0.2, 0.25) is 0 Å². The lowest BCUT2D eigenvalue weighted by atomic mass is 9.89. The number of nitrogens with zero attached hydrogens (tertiary/aromatic N) is 4. The van der Waals surface area contributed by atoms with Crippen molar-refractivity contribution in [3.05, 3.63) is 52.8 Å². The number of benzene rings is 1. The molecule has 1 aromatic carbocycles. The minimum absolute atomic E-state index is 0.119. The van der Waals surface area contributed by atoms with Crippen LogP contribution in [0.15, 0.2) is 30.3 Å². The third-order valence-electron chi connectivity index (χ3n) is 6.53. The van der Waals surface area contributed by atoms with Crippen LogP contribution < -0.4 is 0 Å². The molecule has 2 saturated heterocycles. The molecule has 0 bridgehead atoms. The van der Waals surface area contributed by atoms with Gasteiger partial charge in [0.15, 0.2) is 0 Å². The Hall–Kier alpha value is -2.14. The standard InChI is InChI=1S/C24H34N4O/c1-19-16-23(26(2)25-19)24(29)28-14-10-21(11-15-28)17-20-6-8-22(9-7-20)18-27-12-4-3-5-13-27/h6-9,16,21H,3-5,10-15,17-18H2,1-2H3. The van der Waals surface area contributed by atoms with E-state index in [4.69, 9.17) is 0 Å². The van der Waals surface area contributed by atoms with Crippen LogP contribution in [0.4, 0.5) is 0 Å². The Morgan fingerprint density at radius 2 is 1.66 bits per heavy atom. The Bertz CT molecular complexity index is 812. The quantitative estimate of drug-likeness (QED) is 0.774. The average molecular weight is 395 g/mol. The van der Waals surface area contributed by atoms with E-state index in [1.807, 2.05) is 24.9 Å². The van der Waals surface area contributed by atoms with Gasteiger partial charge in [-0.3, -0.25) is 14.4 Å². The minimum atomic E-state index is 0.119. The molecule has 4 rings (SSSR count). The van der Waals surface area contributed by atoms with E-state index in [2.05, 4.69) is 34.3 Å². The zero-order valence-electron chi connectivity index (χ0n) is 17.9. The van der Waals surface area contributed by atoms with Crippen molar-refractivity contribution in [2.45, 2.75) is 52.0 Å². The number of carbonyl (C=O) groups is 1. The molecule has 0 aliphatic carbocycles. The highest BCUT2D eigenvalue weighted by Crippen LogP contribution is 2.23. The maximum absolute atomic E-state index is 12.8. The van der Waals surface area contributed by atoms with Crippen molar-refractivity contribution in [2.24, 2.45) is 13.0 Å². The molecule has 0 N–H and O–H groups in total. The molecule has 2 aliphatic heterocycles. The smallest absolute Gasteiger partial charge is 0.272 e. The summed E-state index contributed by atoms with van der Waals surface area (Å²) >= 11 is 0. The molecule has 2 aliphatic rings. The van der Waals surface area contributed by atoms with Crippen molar-refractivity contribution in [1.29, 1.82) is 0 Å². The van der Waals surface area contributed by atoms with Crippen LogP contribution in [-0.4, -0.2) is 51.7 Å². The fraction of sp³-hybridized carbons (Fsp3) is 0.583. The highest BCUT2D eigenvalue weighted by atomic mass is 16.2. The summed E-state index contributed by atoms with van der Waals surface area (Å²) < 4.78 is 1.70. The second-order valence-electron chi connectivity index (χ2n) is 8.89. The summed E-state index contributed by atoms with van der Waals surface area (Å²) in [4.78, 5) is 17.3. The first-order chi connectivity index (χ1) is 14.1. The SMILES string of the molecule is Cc1cc(C(=O)N2CCC(Cc3ccc(CN4CCCCC4)cc3)CC2)n(C)n1. The molecule has 1 aromatic heterocycles. The Morgan fingerprint density at radius 1 is 1.00 bits per heavy atom. The predicted molar refractivity (Wildman–Crippen MR) is 116 cm³/mol. The number of piperidine rings is 2. The molecule has 0 spiro atoms. The van der Waals surface area contributed by atoms with E-state index in [0.29, 0.717) is 11.6 Å². The first kappa shape index (κ1) is 20.1. The number of aryl methyl sites for hydroxylation is 2. The number of hydrogen-bond acceptors (Lipinski definition) is 3. The second kappa shape index (κ2) is 9.12. The fourth-order valence-electron chi connectivity index (χ4n) is 4.80. The molecular formula is C24H34N4O. The monoisotopic (exact) mass is 394 g/mol. The number of likely N-dealkylation sites (tertiary alicyclic amines) is 2. The Kier molecular flexibility index (Phi) is 6.34. The van der Waals surface area contributed by atoms with Crippen LogP contribution in [0.5, 0.6) is 0 Å². The van der Waals surface area contributed by atoms with Crippen LogP contribution in [0.1, 0.15) is 59.4 Å². The molecule has 0 radical (unpaired) electrons. The zero-order chi connectivity index (χ0) is 20.2. The number of carbonyl (C=O) groups excluding carboxylic acids is 1. The summed E-state index contributed by atoms with van der Waals surface area (Å²) in [6.45, 7) is 7.21. The maximum Gasteiger partial charge on any atom is 0.272 e.